The second kappa shape index (κ2) is 9.86. The smallest absolute Gasteiger partial charge is 0.217 e. The molecule has 0 radical (unpaired) electrons. The highest BCUT2D eigenvalue weighted by molar-refractivity contribution is 6.32. The molecule has 25 heavy (non-hydrogen) atoms. The van der Waals surface area contributed by atoms with E-state index in [1.54, 1.807) is 12.1 Å². The maximum atomic E-state index is 10.8. The van der Waals surface area contributed by atoms with E-state index in [2.05, 4.69) is 27.4 Å². The highest BCUT2D eigenvalue weighted by Crippen LogP contribution is 2.43. The van der Waals surface area contributed by atoms with Crippen LogP contribution in [0.15, 0.2) is 24.8 Å². The zero-order valence-corrected chi connectivity index (χ0v) is 16.5. The first-order chi connectivity index (χ1) is 11.8. The number of phenolic OH excluding ortho intramolecular Hbond substituents is 1. The summed E-state index contributed by atoms with van der Waals surface area (Å²) in [4.78, 5) is 10.8. The topological polar surface area (TPSA) is 63.3 Å². The van der Waals surface area contributed by atoms with E-state index in [1.807, 2.05) is 6.07 Å². The molecule has 0 fully saturated rings. The van der Waals surface area contributed by atoms with Crippen LogP contribution in [0.3, 0.4) is 0 Å². The van der Waals surface area contributed by atoms with Gasteiger partial charge in [-0.25, -0.2) is 0 Å². The van der Waals surface area contributed by atoms with E-state index in [1.165, 1.54) is 0 Å². The molecule has 3 nitrogen and oxygen atoms in total. The number of halogens is 1. The molecule has 0 saturated heterocycles. The minimum atomic E-state index is -0.225. The Hall–Kier alpha value is -1.48. The van der Waals surface area contributed by atoms with Crippen molar-refractivity contribution in [2.45, 2.75) is 71.1 Å². The Morgan fingerprint density at radius 1 is 1.40 bits per heavy atom. The van der Waals surface area contributed by atoms with Gasteiger partial charge in [0.05, 0.1) is 5.02 Å². The standard InChI is InChI=1S/C21H32ClNO2/c1-5-10-16-17(13-14-18(22)20(16)25)21(4,6-2)15(3)11-8-7-9-12-19(23)24/h5,13-15,25H,1,6-12H2,2-4H3,(H2,23,24). The Morgan fingerprint density at radius 2 is 2.08 bits per heavy atom. The zero-order valence-electron chi connectivity index (χ0n) is 15.8. The lowest BCUT2D eigenvalue weighted by molar-refractivity contribution is -0.118. The summed E-state index contributed by atoms with van der Waals surface area (Å²) in [6.07, 6.45) is 7.85. The third-order valence-corrected chi connectivity index (χ3v) is 5.88. The summed E-state index contributed by atoms with van der Waals surface area (Å²) in [7, 11) is 0. The maximum absolute atomic E-state index is 10.8. The maximum Gasteiger partial charge on any atom is 0.217 e. The number of phenols is 1. The highest BCUT2D eigenvalue weighted by Gasteiger charge is 2.33. The summed E-state index contributed by atoms with van der Waals surface area (Å²) in [6.45, 7) is 10.5. The van der Waals surface area contributed by atoms with Crippen molar-refractivity contribution < 1.29 is 9.90 Å². The summed E-state index contributed by atoms with van der Waals surface area (Å²) in [5.41, 5.74) is 7.18. The van der Waals surface area contributed by atoms with Gasteiger partial charge in [-0.2, -0.15) is 0 Å². The van der Waals surface area contributed by atoms with E-state index in [0.717, 1.165) is 43.2 Å². The van der Waals surface area contributed by atoms with Gasteiger partial charge in [-0.05, 0) is 48.6 Å². The van der Waals surface area contributed by atoms with Crippen LogP contribution in [0, 0.1) is 5.92 Å². The van der Waals surface area contributed by atoms with Crippen LogP contribution in [-0.4, -0.2) is 11.0 Å². The Kier molecular flexibility index (Phi) is 8.51. The number of hydrogen-bond acceptors (Lipinski definition) is 2. The molecule has 0 spiro atoms. The third kappa shape index (κ3) is 5.50. The number of primary amides is 1. The average molecular weight is 366 g/mol. The molecule has 1 aromatic carbocycles. The molecule has 0 bridgehead atoms. The Balaban J connectivity index is 2.95. The predicted molar refractivity (Wildman–Crippen MR) is 106 cm³/mol. The van der Waals surface area contributed by atoms with Crippen LogP contribution in [0.1, 0.15) is 70.4 Å². The summed E-state index contributed by atoms with van der Waals surface area (Å²) < 4.78 is 0. The minimum absolute atomic E-state index is 0.0515. The van der Waals surface area contributed by atoms with Crippen LogP contribution < -0.4 is 5.73 Å². The van der Waals surface area contributed by atoms with Crippen LogP contribution >= 0.6 is 11.6 Å². The SMILES string of the molecule is C=CCc1c(C(C)(CC)C(C)CCCCCC(N)=O)ccc(Cl)c1O. The molecule has 0 saturated carbocycles. The van der Waals surface area contributed by atoms with E-state index < -0.39 is 0 Å². The number of carbonyl (C=O) groups is 1. The lowest BCUT2D eigenvalue weighted by Crippen LogP contribution is -2.31. The van der Waals surface area contributed by atoms with Gasteiger partial charge in [-0.3, -0.25) is 4.79 Å². The molecule has 1 aromatic rings. The zero-order chi connectivity index (χ0) is 19.0. The van der Waals surface area contributed by atoms with Crippen molar-refractivity contribution in [2.24, 2.45) is 11.7 Å². The van der Waals surface area contributed by atoms with Gasteiger partial charge in [0.2, 0.25) is 5.91 Å². The summed E-state index contributed by atoms with van der Waals surface area (Å²) >= 11 is 6.12. The van der Waals surface area contributed by atoms with Gasteiger partial charge in [0, 0.05) is 12.0 Å². The van der Waals surface area contributed by atoms with Crippen molar-refractivity contribution in [2.75, 3.05) is 0 Å². The molecule has 0 aliphatic rings. The fraction of sp³-hybridized carbons (Fsp3) is 0.571. The van der Waals surface area contributed by atoms with Gasteiger partial charge >= 0.3 is 0 Å². The largest absolute Gasteiger partial charge is 0.506 e. The van der Waals surface area contributed by atoms with Crippen molar-refractivity contribution in [3.63, 3.8) is 0 Å². The number of benzene rings is 1. The lowest BCUT2D eigenvalue weighted by Gasteiger charge is -2.37. The van der Waals surface area contributed by atoms with Crippen molar-refractivity contribution in [3.8, 4) is 5.75 Å². The number of hydrogen-bond donors (Lipinski definition) is 2. The van der Waals surface area contributed by atoms with Crippen LogP contribution in [0.2, 0.25) is 5.02 Å². The number of carbonyl (C=O) groups excluding carboxylic acids is 1. The number of aromatic hydroxyl groups is 1. The van der Waals surface area contributed by atoms with E-state index in [4.69, 9.17) is 17.3 Å². The van der Waals surface area contributed by atoms with Crippen LogP contribution in [0.5, 0.6) is 5.75 Å². The molecule has 3 N–H and O–H groups in total. The minimum Gasteiger partial charge on any atom is -0.506 e. The quantitative estimate of drug-likeness (QED) is 0.401. The molecule has 0 aromatic heterocycles. The van der Waals surface area contributed by atoms with Crippen molar-refractivity contribution >= 4 is 17.5 Å². The molecule has 2 atom stereocenters. The first-order valence-electron chi connectivity index (χ1n) is 9.17. The monoisotopic (exact) mass is 365 g/mol. The second-order valence-corrected chi connectivity index (χ2v) is 7.56. The molecule has 4 heteroatoms. The summed E-state index contributed by atoms with van der Waals surface area (Å²) in [5, 5.41) is 10.8. The molecule has 1 amide bonds. The molecular weight excluding hydrogens is 334 g/mol. The number of allylic oxidation sites excluding steroid dienone is 1. The van der Waals surface area contributed by atoms with Gasteiger partial charge in [0.15, 0.2) is 0 Å². The van der Waals surface area contributed by atoms with E-state index in [9.17, 15) is 9.90 Å². The summed E-state index contributed by atoms with van der Waals surface area (Å²) in [6, 6.07) is 3.83. The Morgan fingerprint density at radius 3 is 2.64 bits per heavy atom. The van der Waals surface area contributed by atoms with Crippen molar-refractivity contribution in [3.05, 3.63) is 40.9 Å². The normalized spacial score (nSPS) is 14.7. The van der Waals surface area contributed by atoms with Crippen LogP contribution in [-0.2, 0) is 16.6 Å². The van der Waals surface area contributed by atoms with Crippen LogP contribution in [0.25, 0.3) is 0 Å². The molecule has 0 heterocycles. The number of unbranched alkanes of at least 4 members (excludes halogenated alkanes) is 2. The second-order valence-electron chi connectivity index (χ2n) is 7.15. The summed E-state index contributed by atoms with van der Waals surface area (Å²) in [5.74, 6) is 0.389. The first kappa shape index (κ1) is 21.6. The van der Waals surface area contributed by atoms with Crippen molar-refractivity contribution in [1.29, 1.82) is 0 Å². The molecule has 140 valence electrons. The fourth-order valence-corrected chi connectivity index (χ4v) is 3.72. The van der Waals surface area contributed by atoms with Gasteiger partial charge in [0.25, 0.3) is 0 Å². The predicted octanol–water partition coefficient (Wildman–Crippen LogP) is 5.51. The highest BCUT2D eigenvalue weighted by atomic mass is 35.5. The molecule has 1 rings (SSSR count). The third-order valence-electron chi connectivity index (χ3n) is 5.58. The lowest BCUT2D eigenvalue weighted by atomic mass is 9.67. The molecule has 2 unspecified atom stereocenters. The van der Waals surface area contributed by atoms with E-state index in [0.29, 0.717) is 23.8 Å². The average Bonchev–Trinajstić information content (AvgIpc) is 2.57. The van der Waals surface area contributed by atoms with Gasteiger partial charge in [0.1, 0.15) is 5.75 Å². The first-order valence-corrected chi connectivity index (χ1v) is 9.55. The number of nitrogens with two attached hydrogens (primary N) is 1. The van der Waals surface area contributed by atoms with Gasteiger partial charge in [-0.15, -0.1) is 6.58 Å². The molecular formula is C21H32ClNO2. The Labute approximate surface area is 157 Å². The number of rotatable bonds is 11. The van der Waals surface area contributed by atoms with Gasteiger partial charge < -0.3 is 10.8 Å². The van der Waals surface area contributed by atoms with Crippen molar-refractivity contribution in [1.82, 2.24) is 0 Å². The molecule has 0 aliphatic heterocycles. The van der Waals surface area contributed by atoms with E-state index in [-0.39, 0.29) is 17.1 Å². The van der Waals surface area contributed by atoms with Gasteiger partial charge in [-0.1, -0.05) is 57.4 Å². The fourth-order valence-electron chi connectivity index (χ4n) is 3.54. The Bertz CT molecular complexity index is 600. The number of amides is 1. The molecule has 0 aliphatic carbocycles. The van der Waals surface area contributed by atoms with E-state index >= 15 is 0 Å². The van der Waals surface area contributed by atoms with Crippen LogP contribution in [0.4, 0.5) is 0 Å².